The third-order valence-electron chi connectivity index (χ3n) is 3.53. The summed E-state index contributed by atoms with van der Waals surface area (Å²) in [5.41, 5.74) is 0.801. The van der Waals surface area contributed by atoms with Crippen LogP contribution >= 0.6 is 0 Å². The van der Waals surface area contributed by atoms with Crippen molar-refractivity contribution in [2.45, 2.75) is 13.0 Å². The molecule has 1 amide bonds. The zero-order chi connectivity index (χ0) is 15.4. The predicted octanol–water partition coefficient (Wildman–Crippen LogP) is 1.40. The lowest BCUT2D eigenvalue weighted by molar-refractivity contribution is -0.125. The minimum atomic E-state index is -0.0760. The molecule has 1 atom stereocenters. The van der Waals surface area contributed by atoms with Crippen LogP contribution in [-0.2, 0) is 16.1 Å². The summed E-state index contributed by atoms with van der Waals surface area (Å²) < 4.78 is 15.5. The maximum Gasteiger partial charge on any atom is 0.257 e. The number of aromatic nitrogens is 2. The third-order valence-corrected chi connectivity index (χ3v) is 3.53. The molecule has 1 aliphatic rings. The minimum Gasteiger partial charge on any atom is -0.497 e. The molecule has 0 bridgehead atoms. The van der Waals surface area contributed by atoms with Crippen molar-refractivity contribution in [2.24, 2.45) is 5.92 Å². The molecule has 7 nitrogen and oxygen atoms in total. The van der Waals surface area contributed by atoms with E-state index in [1.807, 2.05) is 24.3 Å². The summed E-state index contributed by atoms with van der Waals surface area (Å²) in [4.78, 5) is 16.1. The quantitative estimate of drug-likeness (QED) is 0.898. The largest absolute Gasteiger partial charge is 0.497 e. The van der Waals surface area contributed by atoms with E-state index in [0.29, 0.717) is 24.9 Å². The van der Waals surface area contributed by atoms with Crippen LogP contribution in [0.4, 0.5) is 0 Å². The molecule has 116 valence electrons. The molecule has 2 heterocycles. The average Bonchev–Trinajstić information content (AvgIpc) is 3.24. The number of methoxy groups -OCH3 is 1. The highest BCUT2D eigenvalue weighted by molar-refractivity contribution is 5.78. The second-order valence-electron chi connectivity index (χ2n) is 5.02. The van der Waals surface area contributed by atoms with E-state index in [9.17, 15) is 4.79 Å². The van der Waals surface area contributed by atoms with Gasteiger partial charge in [0, 0.05) is 12.2 Å². The minimum absolute atomic E-state index is 0.0340. The molecule has 0 radical (unpaired) electrons. The maximum absolute atomic E-state index is 11.9. The lowest BCUT2D eigenvalue weighted by atomic mass is 10.1. The lowest BCUT2D eigenvalue weighted by Gasteiger charge is -2.06. The van der Waals surface area contributed by atoms with Gasteiger partial charge in [-0.3, -0.25) is 4.79 Å². The van der Waals surface area contributed by atoms with Crippen molar-refractivity contribution in [3.63, 3.8) is 0 Å². The van der Waals surface area contributed by atoms with Gasteiger partial charge >= 0.3 is 0 Å². The first-order valence-corrected chi connectivity index (χ1v) is 7.09. The summed E-state index contributed by atoms with van der Waals surface area (Å²) in [6.45, 7) is 1.37. The number of amides is 1. The molecule has 7 heteroatoms. The van der Waals surface area contributed by atoms with Crippen LogP contribution in [0, 0.1) is 5.92 Å². The highest BCUT2D eigenvalue weighted by atomic mass is 16.5. The summed E-state index contributed by atoms with van der Waals surface area (Å²) in [6.07, 6.45) is 0.759. The summed E-state index contributed by atoms with van der Waals surface area (Å²) in [7, 11) is 1.61. The van der Waals surface area contributed by atoms with Gasteiger partial charge in [-0.05, 0) is 30.7 Å². The maximum atomic E-state index is 11.9. The second kappa shape index (κ2) is 6.57. The van der Waals surface area contributed by atoms with E-state index in [4.69, 9.17) is 14.0 Å². The smallest absolute Gasteiger partial charge is 0.257 e. The van der Waals surface area contributed by atoms with E-state index in [1.165, 1.54) is 0 Å². The van der Waals surface area contributed by atoms with Gasteiger partial charge < -0.3 is 19.3 Å². The monoisotopic (exact) mass is 303 g/mol. The molecule has 1 saturated heterocycles. The second-order valence-corrected chi connectivity index (χ2v) is 5.02. The lowest BCUT2D eigenvalue weighted by Crippen LogP contribution is -2.30. The Morgan fingerprint density at radius 2 is 2.23 bits per heavy atom. The molecule has 0 unspecified atom stereocenters. The number of ether oxygens (including phenoxy) is 2. The summed E-state index contributed by atoms with van der Waals surface area (Å²) in [5.74, 6) is 1.50. The Hall–Kier alpha value is -2.41. The number of hydrogen-bond donors (Lipinski definition) is 1. The first kappa shape index (κ1) is 14.5. The molecular weight excluding hydrogens is 286 g/mol. The van der Waals surface area contributed by atoms with Crippen LogP contribution in [0.3, 0.4) is 0 Å². The molecule has 0 spiro atoms. The molecule has 1 aromatic carbocycles. The summed E-state index contributed by atoms with van der Waals surface area (Å²) in [6, 6.07) is 7.32. The topological polar surface area (TPSA) is 86.5 Å². The number of nitrogens with one attached hydrogen (secondary N) is 1. The fourth-order valence-electron chi connectivity index (χ4n) is 2.23. The molecule has 0 aliphatic carbocycles. The number of hydrogen-bond acceptors (Lipinski definition) is 6. The standard InChI is InChI=1S/C15H17N3O4/c1-20-12-4-2-10(3-5-12)15-17-13(18-22-15)8-16-14(19)11-6-7-21-9-11/h2-5,11H,6-9H2,1H3,(H,16,19)/t11-/m1/s1. The number of rotatable bonds is 5. The molecule has 1 aromatic heterocycles. The van der Waals surface area contributed by atoms with Crippen molar-refractivity contribution < 1.29 is 18.8 Å². The molecule has 0 saturated carbocycles. The summed E-state index contributed by atoms with van der Waals surface area (Å²) in [5, 5.41) is 6.67. The average molecular weight is 303 g/mol. The highest BCUT2D eigenvalue weighted by Gasteiger charge is 2.23. The van der Waals surface area contributed by atoms with E-state index in [2.05, 4.69) is 15.5 Å². The van der Waals surface area contributed by atoms with Gasteiger partial charge in [0.1, 0.15) is 5.75 Å². The van der Waals surface area contributed by atoms with Gasteiger partial charge in [-0.1, -0.05) is 5.16 Å². The molecule has 3 rings (SSSR count). The Morgan fingerprint density at radius 1 is 1.41 bits per heavy atom. The molecule has 1 N–H and O–H groups in total. The van der Waals surface area contributed by atoms with Crippen LogP contribution in [0.25, 0.3) is 11.5 Å². The van der Waals surface area contributed by atoms with E-state index >= 15 is 0 Å². The van der Waals surface area contributed by atoms with Gasteiger partial charge in [0.25, 0.3) is 5.89 Å². The van der Waals surface area contributed by atoms with Gasteiger partial charge in [0.2, 0.25) is 5.91 Å². The van der Waals surface area contributed by atoms with Gasteiger partial charge in [-0.2, -0.15) is 4.98 Å². The van der Waals surface area contributed by atoms with Crippen molar-refractivity contribution in [1.29, 1.82) is 0 Å². The fourth-order valence-corrected chi connectivity index (χ4v) is 2.23. The van der Waals surface area contributed by atoms with Crippen LogP contribution in [-0.4, -0.2) is 36.4 Å². The van der Waals surface area contributed by atoms with E-state index < -0.39 is 0 Å². The Kier molecular flexibility index (Phi) is 4.34. The first-order chi connectivity index (χ1) is 10.8. The molecular formula is C15H17N3O4. The molecule has 22 heavy (non-hydrogen) atoms. The Morgan fingerprint density at radius 3 is 2.91 bits per heavy atom. The van der Waals surface area contributed by atoms with Crippen molar-refractivity contribution in [3.8, 4) is 17.2 Å². The molecule has 2 aromatic rings. The molecule has 1 fully saturated rings. The van der Waals surface area contributed by atoms with Crippen LogP contribution in [0.1, 0.15) is 12.2 Å². The van der Waals surface area contributed by atoms with Gasteiger partial charge in [0.05, 0.1) is 26.2 Å². The van der Waals surface area contributed by atoms with Crippen LogP contribution < -0.4 is 10.1 Å². The van der Waals surface area contributed by atoms with Crippen molar-refractivity contribution >= 4 is 5.91 Å². The Balaban J connectivity index is 1.59. The highest BCUT2D eigenvalue weighted by Crippen LogP contribution is 2.20. The fraction of sp³-hybridized carbons (Fsp3) is 0.400. The predicted molar refractivity (Wildman–Crippen MR) is 77.1 cm³/mol. The third kappa shape index (κ3) is 3.25. The zero-order valence-corrected chi connectivity index (χ0v) is 12.2. The zero-order valence-electron chi connectivity index (χ0n) is 12.2. The van der Waals surface area contributed by atoms with E-state index in [0.717, 1.165) is 17.7 Å². The van der Waals surface area contributed by atoms with Gasteiger partial charge in [-0.15, -0.1) is 0 Å². The van der Waals surface area contributed by atoms with Crippen LogP contribution in [0.5, 0.6) is 5.75 Å². The normalized spacial score (nSPS) is 17.4. The van der Waals surface area contributed by atoms with Crippen LogP contribution in [0.15, 0.2) is 28.8 Å². The van der Waals surface area contributed by atoms with E-state index in [-0.39, 0.29) is 18.4 Å². The van der Waals surface area contributed by atoms with Gasteiger partial charge in [0.15, 0.2) is 5.82 Å². The first-order valence-electron chi connectivity index (χ1n) is 7.09. The number of carbonyl (C=O) groups excluding carboxylic acids is 1. The Bertz CT molecular complexity index is 632. The number of carbonyl (C=O) groups is 1. The van der Waals surface area contributed by atoms with E-state index in [1.54, 1.807) is 7.11 Å². The van der Waals surface area contributed by atoms with Gasteiger partial charge in [-0.25, -0.2) is 0 Å². The number of benzene rings is 1. The van der Waals surface area contributed by atoms with Crippen molar-refractivity contribution in [2.75, 3.05) is 20.3 Å². The Labute approximate surface area is 127 Å². The molecule has 1 aliphatic heterocycles. The SMILES string of the molecule is COc1ccc(-c2nc(CNC(=O)[C@@H]3CCOC3)no2)cc1. The number of nitrogens with zero attached hydrogens (tertiary/aromatic N) is 2. The van der Waals surface area contributed by atoms with Crippen molar-refractivity contribution in [1.82, 2.24) is 15.5 Å². The van der Waals surface area contributed by atoms with Crippen molar-refractivity contribution in [3.05, 3.63) is 30.1 Å². The summed E-state index contributed by atoms with van der Waals surface area (Å²) >= 11 is 0. The van der Waals surface area contributed by atoms with Crippen LogP contribution in [0.2, 0.25) is 0 Å².